The number of hydrogen-bond acceptors (Lipinski definition) is 4. The largest absolute Gasteiger partial charge is 0.338 e. The minimum Gasteiger partial charge on any atom is -0.338 e. The molecule has 0 unspecified atom stereocenters. The average Bonchev–Trinajstić information content (AvgIpc) is 2.48. The van der Waals surface area contributed by atoms with Crippen molar-refractivity contribution in [2.24, 2.45) is 5.11 Å². The van der Waals surface area contributed by atoms with Gasteiger partial charge in [-0.2, -0.15) is 0 Å². The van der Waals surface area contributed by atoms with E-state index in [1.165, 1.54) is 0 Å². The van der Waals surface area contributed by atoms with Crippen molar-refractivity contribution in [2.45, 2.75) is 6.92 Å². The first-order valence-electron chi connectivity index (χ1n) is 3.46. The molecule has 1 aromatic heterocycles. The molecular weight excluding hydrogens is 174 g/mol. The fourth-order valence-electron chi connectivity index (χ4n) is 0.695. The van der Waals surface area contributed by atoms with E-state index >= 15 is 0 Å². The highest BCUT2D eigenvalue weighted by Gasteiger charge is 2.04. The lowest BCUT2D eigenvalue weighted by atomic mass is 10.5. The Hall–Kier alpha value is -2.01. The van der Waals surface area contributed by atoms with Gasteiger partial charge in [0.15, 0.2) is 0 Å². The SMILES string of the molecule is Cc1cc(NC(=O)CN=[N+]=[N-])on1. The van der Waals surface area contributed by atoms with Crippen LogP contribution in [-0.2, 0) is 4.79 Å². The smallest absolute Gasteiger partial charge is 0.232 e. The molecule has 1 amide bonds. The zero-order chi connectivity index (χ0) is 9.68. The summed E-state index contributed by atoms with van der Waals surface area (Å²) in [5.74, 6) is -0.190. The van der Waals surface area contributed by atoms with Crippen molar-refractivity contribution in [3.63, 3.8) is 0 Å². The Morgan fingerprint density at radius 2 is 2.69 bits per heavy atom. The number of amides is 1. The summed E-state index contributed by atoms with van der Waals surface area (Å²) in [5.41, 5.74) is 8.59. The predicted molar refractivity (Wildman–Crippen MR) is 43.9 cm³/mol. The Kier molecular flexibility index (Phi) is 2.88. The van der Waals surface area contributed by atoms with Gasteiger partial charge in [-0.05, 0) is 12.5 Å². The van der Waals surface area contributed by atoms with Crippen molar-refractivity contribution in [3.8, 4) is 0 Å². The summed E-state index contributed by atoms with van der Waals surface area (Å²) >= 11 is 0. The van der Waals surface area contributed by atoms with Crippen LogP contribution in [0.15, 0.2) is 15.7 Å². The van der Waals surface area contributed by atoms with Gasteiger partial charge in [0.25, 0.3) is 0 Å². The highest BCUT2D eigenvalue weighted by atomic mass is 16.5. The van der Waals surface area contributed by atoms with E-state index in [4.69, 9.17) is 10.1 Å². The third kappa shape index (κ3) is 2.84. The van der Waals surface area contributed by atoms with Gasteiger partial charge in [0, 0.05) is 11.0 Å². The van der Waals surface area contributed by atoms with E-state index in [2.05, 4.69) is 20.5 Å². The van der Waals surface area contributed by atoms with E-state index in [0.717, 1.165) is 0 Å². The fraction of sp³-hybridized carbons (Fsp3) is 0.333. The Morgan fingerprint density at radius 3 is 3.23 bits per heavy atom. The Balaban J connectivity index is 2.49. The van der Waals surface area contributed by atoms with Crippen LogP contribution in [0.25, 0.3) is 10.4 Å². The molecule has 0 saturated heterocycles. The van der Waals surface area contributed by atoms with Crippen LogP contribution >= 0.6 is 0 Å². The summed E-state index contributed by atoms with van der Waals surface area (Å²) < 4.78 is 4.70. The molecule has 7 heteroatoms. The van der Waals surface area contributed by atoms with Crippen molar-refractivity contribution in [1.82, 2.24) is 5.16 Å². The van der Waals surface area contributed by atoms with Gasteiger partial charge >= 0.3 is 0 Å². The molecule has 7 nitrogen and oxygen atoms in total. The lowest BCUT2D eigenvalue weighted by Gasteiger charge is -1.94. The molecule has 1 aromatic rings. The molecule has 0 radical (unpaired) electrons. The summed E-state index contributed by atoms with van der Waals surface area (Å²) in [5, 5.41) is 9.00. The number of nitrogens with one attached hydrogen (secondary N) is 1. The summed E-state index contributed by atoms with van der Waals surface area (Å²) in [6.45, 7) is 1.48. The topological polar surface area (TPSA) is 104 Å². The molecule has 0 bridgehead atoms. The van der Waals surface area contributed by atoms with Crippen molar-refractivity contribution < 1.29 is 9.32 Å². The number of aryl methyl sites for hydroxylation is 1. The van der Waals surface area contributed by atoms with E-state index in [1.807, 2.05) is 0 Å². The molecule has 0 saturated carbocycles. The average molecular weight is 181 g/mol. The van der Waals surface area contributed by atoms with E-state index in [0.29, 0.717) is 5.69 Å². The van der Waals surface area contributed by atoms with Gasteiger partial charge in [-0.3, -0.25) is 10.1 Å². The van der Waals surface area contributed by atoms with Crippen LogP contribution in [0.5, 0.6) is 0 Å². The highest BCUT2D eigenvalue weighted by molar-refractivity contribution is 5.90. The van der Waals surface area contributed by atoms with Crippen LogP contribution in [0.2, 0.25) is 0 Å². The lowest BCUT2D eigenvalue weighted by molar-refractivity contribution is -0.115. The molecule has 0 aliphatic carbocycles. The number of rotatable bonds is 3. The minimum absolute atomic E-state index is 0.246. The monoisotopic (exact) mass is 181 g/mol. The Bertz CT molecular complexity index is 352. The molecule has 1 heterocycles. The van der Waals surface area contributed by atoms with E-state index in [-0.39, 0.29) is 12.4 Å². The second-order valence-electron chi connectivity index (χ2n) is 2.27. The molecule has 0 aromatic carbocycles. The normalized spacial score (nSPS) is 9.00. The highest BCUT2D eigenvalue weighted by Crippen LogP contribution is 2.07. The van der Waals surface area contributed by atoms with Crippen LogP contribution in [0.4, 0.5) is 5.88 Å². The van der Waals surface area contributed by atoms with Crippen molar-refractivity contribution >= 4 is 11.8 Å². The Morgan fingerprint density at radius 1 is 1.92 bits per heavy atom. The molecule has 0 spiro atoms. The number of azide groups is 1. The molecule has 0 aliphatic rings. The van der Waals surface area contributed by atoms with E-state index < -0.39 is 5.91 Å². The number of nitrogens with zero attached hydrogens (tertiary/aromatic N) is 4. The maximum Gasteiger partial charge on any atom is 0.232 e. The molecule has 0 atom stereocenters. The Labute approximate surface area is 73.3 Å². The zero-order valence-electron chi connectivity index (χ0n) is 6.89. The van der Waals surface area contributed by atoms with E-state index in [9.17, 15) is 4.79 Å². The van der Waals surface area contributed by atoms with Gasteiger partial charge in [0.1, 0.15) is 6.54 Å². The molecule has 0 fully saturated rings. The maximum absolute atomic E-state index is 10.9. The quantitative estimate of drug-likeness (QED) is 0.430. The molecule has 1 N–H and O–H groups in total. The standard InChI is InChI=1S/C6H7N5O2/c1-4-2-6(13-10-4)9-5(12)3-8-11-7/h2H,3H2,1H3,(H,9,12). The van der Waals surface area contributed by atoms with Crippen molar-refractivity contribution in [1.29, 1.82) is 0 Å². The maximum atomic E-state index is 10.9. The van der Waals surface area contributed by atoms with Gasteiger partial charge in [-0.25, -0.2) is 0 Å². The second kappa shape index (κ2) is 4.13. The number of carbonyl (C=O) groups excluding carboxylic acids is 1. The summed E-state index contributed by atoms with van der Waals surface area (Å²) in [6.07, 6.45) is 0. The number of anilines is 1. The fourth-order valence-corrected chi connectivity index (χ4v) is 0.695. The van der Waals surface area contributed by atoms with Crippen LogP contribution < -0.4 is 5.32 Å². The number of aromatic nitrogens is 1. The van der Waals surface area contributed by atoms with Crippen molar-refractivity contribution in [2.75, 3.05) is 11.9 Å². The molecule has 13 heavy (non-hydrogen) atoms. The van der Waals surface area contributed by atoms with Crippen LogP contribution in [-0.4, -0.2) is 17.6 Å². The third-order valence-corrected chi connectivity index (χ3v) is 1.17. The molecular formula is C6H7N5O2. The first-order chi connectivity index (χ1) is 6.22. The molecule has 0 aliphatic heterocycles. The van der Waals surface area contributed by atoms with E-state index in [1.54, 1.807) is 13.0 Å². The van der Waals surface area contributed by atoms with Crippen LogP contribution in [0.3, 0.4) is 0 Å². The lowest BCUT2D eigenvalue weighted by Crippen LogP contribution is -2.13. The van der Waals surface area contributed by atoms with Crippen LogP contribution in [0.1, 0.15) is 5.69 Å². The zero-order valence-corrected chi connectivity index (χ0v) is 6.89. The number of carbonyl (C=O) groups is 1. The first-order valence-corrected chi connectivity index (χ1v) is 3.46. The third-order valence-electron chi connectivity index (χ3n) is 1.17. The number of hydrogen-bond donors (Lipinski definition) is 1. The van der Waals surface area contributed by atoms with Gasteiger partial charge in [0.05, 0.1) is 5.69 Å². The molecule has 1 rings (SSSR count). The minimum atomic E-state index is -0.436. The second-order valence-corrected chi connectivity index (χ2v) is 2.27. The van der Waals surface area contributed by atoms with Gasteiger partial charge in [0.2, 0.25) is 11.8 Å². The predicted octanol–water partition coefficient (Wildman–Crippen LogP) is 1.23. The first kappa shape index (κ1) is 9.08. The van der Waals surface area contributed by atoms with Gasteiger partial charge in [-0.15, -0.1) is 0 Å². The van der Waals surface area contributed by atoms with Gasteiger partial charge < -0.3 is 4.52 Å². The summed E-state index contributed by atoms with van der Waals surface area (Å²) in [7, 11) is 0. The summed E-state index contributed by atoms with van der Waals surface area (Å²) in [6, 6.07) is 1.56. The van der Waals surface area contributed by atoms with Crippen molar-refractivity contribution in [3.05, 3.63) is 22.2 Å². The summed E-state index contributed by atoms with van der Waals surface area (Å²) in [4.78, 5) is 13.4. The van der Waals surface area contributed by atoms with Gasteiger partial charge in [-0.1, -0.05) is 10.3 Å². The van der Waals surface area contributed by atoms with Crippen LogP contribution in [0, 0.1) is 6.92 Å². The molecule has 68 valence electrons.